The number of benzene rings is 1. The van der Waals surface area contributed by atoms with Gasteiger partial charge in [-0.25, -0.2) is 0 Å². The van der Waals surface area contributed by atoms with Gasteiger partial charge in [-0.3, -0.25) is 14.5 Å². The Morgan fingerprint density at radius 1 is 1.04 bits per heavy atom. The van der Waals surface area contributed by atoms with Gasteiger partial charge < -0.3 is 10.6 Å². The maximum absolute atomic E-state index is 12.1. The topological polar surface area (TPSA) is 61.4 Å². The van der Waals surface area contributed by atoms with Crippen LogP contribution in [-0.4, -0.2) is 42.4 Å². The number of nitrogens with zero attached hydrogens (tertiary/aromatic N) is 1. The number of unbranched alkanes of at least 4 members (excludes halogenated alkanes) is 1. The summed E-state index contributed by atoms with van der Waals surface area (Å²) < 4.78 is 0. The van der Waals surface area contributed by atoms with Crippen LogP contribution in [0.5, 0.6) is 0 Å². The Labute approximate surface area is 145 Å². The zero-order valence-electron chi connectivity index (χ0n) is 15.6. The molecule has 5 nitrogen and oxygen atoms in total. The lowest BCUT2D eigenvalue weighted by Crippen LogP contribution is -2.46. The molecule has 0 aliphatic heterocycles. The standard InChI is InChI=1S/C19H31N3O2/c1-6-7-8-15-9-11-16(12-10-15)20-17(23)13-22(5)14-18(24)21-19(2,3)4/h9-12H,6-8,13-14H2,1-5H3,(H,20,23)(H,21,24). The highest BCUT2D eigenvalue weighted by Crippen LogP contribution is 2.11. The number of aryl methyl sites for hydroxylation is 1. The number of carbonyl (C=O) groups is 2. The number of nitrogens with one attached hydrogen (secondary N) is 2. The average Bonchev–Trinajstić information content (AvgIpc) is 2.44. The molecule has 0 saturated carbocycles. The summed E-state index contributed by atoms with van der Waals surface area (Å²) in [5.74, 6) is -0.208. The van der Waals surface area contributed by atoms with E-state index in [0.717, 1.165) is 12.1 Å². The maximum atomic E-state index is 12.1. The molecule has 2 N–H and O–H groups in total. The van der Waals surface area contributed by atoms with Gasteiger partial charge in [-0.1, -0.05) is 25.5 Å². The van der Waals surface area contributed by atoms with Crippen molar-refractivity contribution in [3.63, 3.8) is 0 Å². The van der Waals surface area contributed by atoms with Crippen LogP contribution in [0.3, 0.4) is 0 Å². The molecule has 5 heteroatoms. The Morgan fingerprint density at radius 2 is 1.62 bits per heavy atom. The summed E-state index contributed by atoms with van der Waals surface area (Å²) >= 11 is 0. The van der Waals surface area contributed by atoms with E-state index in [1.165, 1.54) is 18.4 Å². The van der Waals surface area contributed by atoms with Crippen LogP contribution in [0.2, 0.25) is 0 Å². The number of carbonyl (C=O) groups excluding carboxylic acids is 2. The first-order valence-electron chi connectivity index (χ1n) is 8.58. The molecule has 0 unspecified atom stereocenters. The molecule has 1 aromatic rings. The largest absolute Gasteiger partial charge is 0.350 e. The molecule has 0 fully saturated rings. The molecular weight excluding hydrogens is 302 g/mol. The van der Waals surface area contributed by atoms with Crippen LogP contribution >= 0.6 is 0 Å². The Bertz CT molecular complexity index is 533. The summed E-state index contributed by atoms with van der Waals surface area (Å²) in [7, 11) is 1.76. The monoisotopic (exact) mass is 333 g/mol. The van der Waals surface area contributed by atoms with Gasteiger partial charge in [0.25, 0.3) is 0 Å². The van der Waals surface area contributed by atoms with Gasteiger partial charge in [-0.05, 0) is 58.4 Å². The molecule has 0 heterocycles. The molecule has 24 heavy (non-hydrogen) atoms. The highest BCUT2D eigenvalue weighted by atomic mass is 16.2. The summed E-state index contributed by atoms with van der Waals surface area (Å²) in [6, 6.07) is 7.95. The second-order valence-electron chi connectivity index (χ2n) is 7.32. The lowest BCUT2D eigenvalue weighted by molar-refractivity contribution is -0.124. The molecule has 0 radical (unpaired) electrons. The number of rotatable bonds is 8. The third-order valence-electron chi connectivity index (χ3n) is 3.40. The van der Waals surface area contributed by atoms with Crippen molar-refractivity contribution in [2.75, 3.05) is 25.5 Å². The first-order valence-corrected chi connectivity index (χ1v) is 8.58. The van der Waals surface area contributed by atoms with Crippen molar-refractivity contribution >= 4 is 17.5 Å². The van der Waals surface area contributed by atoms with Gasteiger partial charge in [-0.2, -0.15) is 0 Å². The Hall–Kier alpha value is -1.88. The molecular formula is C19H31N3O2. The first-order chi connectivity index (χ1) is 11.2. The smallest absolute Gasteiger partial charge is 0.238 e. The van der Waals surface area contributed by atoms with Crippen LogP contribution in [-0.2, 0) is 16.0 Å². The minimum absolute atomic E-state index is 0.0851. The van der Waals surface area contributed by atoms with E-state index in [4.69, 9.17) is 0 Å². The molecule has 1 aromatic carbocycles. The van der Waals surface area contributed by atoms with Gasteiger partial charge in [0, 0.05) is 11.2 Å². The molecule has 1 rings (SSSR count). The number of hydrogen-bond donors (Lipinski definition) is 2. The molecule has 0 bridgehead atoms. The molecule has 0 aliphatic carbocycles. The van der Waals surface area contributed by atoms with Gasteiger partial charge >= 0.3 is 0 Å². The van der Waals surface area contributed by atoms with Crippen molar-refractivity contribution in [3.8, 4) is 0 Å². The van der Waals surface area contributed by atoms with Crippen LogP contribution in [0.4, 0.5) is 5.69 Å². The third-order valence-corrected chi connectivity index (χ3v) is 3.40. The predicted octanol–water partition coefficient (Wildman–Crippen LogP) is 2.81. The minimum atomic E-state index is -0.264. The Balaban J connectivity index is 2.41. The first kappa shape index (κ1) is 20.2. The van der Waals surface area contributed by atoms with Gasteiger partial charge in [0.05, 0.1) is 13.1 Å². The van der Waals surface area contributed by atoms with Crippen molar-refractivity contribution < 1.29 is 9.59 Å². The number of anilines is 1. The van der Waals surface area contributed by atoms with Crippen molar-refractivity contribution in [1.29, 1.82) is 0 Å². The van der Waals surface area contributed by atoms with E-state index in [0.29, 0.717) is 0 Å². The molecule has 134 valence electrons. The van der Waals surface area contributed by atoms with E-state index in [2.05, 4.69) is 17.6 Å². The zero-order chi connectivity index (χ0) is 18.2. The zero-order valence-corrected chi connectivity index (χ0v) is 15.6. The van der Waals surface area contributed by atoms with Crippen LogP contribution < -0.4 is 10.6 Å². The van der Waals surface area contributed by atoms with Crippen molar-refractivity contribution in [2.24, 2.45) is 0 Å². The van der Waals surface area contributed by atoms with Crippen LogP contribution in [0.1, 0.15) is 46.1 Å². The van der Waals surface area contributed by atoms with Gasteiger partial charge in [-0.15, -0.1) is 0 Å². The van der Waals surface area contributed by atoms with E-state index in [-0.39, 0.29) is 30.4 Å². The molecule has 0 atom stereocenters. The van der Waals surface area contributed by atoms with Gasteiger partial charge in [0.2, 0.25) is 11.8 Å². The van der Waals surface area contributed by atoms with E-state index >= 15 is 0 Å². The lowest BCUT2D eigenvalue weighted by atomic mass is 10.1. The highest BCUT2D eigenvalue weighted by Gasteiger charge is 2.16. The Kier molecular flexibility index (Phi) is 7.92. The van der Waals surface area contributed by atoms with Crippen LogP contribution in [0.25, 0.3) is 0 Å². The van der Waals surface area contributed by atoms with E-state index in [1.807, 2.05) is 45.0 Å². The molecule has 0 spiro atoms. The maximum Gasteiger partial charge on any atom is 0.238 e. The van der Waals surface area contributed by atoms with E-state index < -0.39 is 0 Å². The SMILES string of the molecule is CCCCc1ccc(NC(=O)CN(C)CC(=O)NC(C)(C)C)cc1. The van der Waals surface area contributed by atoms with E-state index in [1.54, 1.807) is 11.9 Å². The van der Waals surface area contributed by atoms with Crippen molar-refractivity contribution in [3.05, 3.63) is 29.8 Å². The van der Waals surface area contributed by atoms with Crippen LogP contribution in [0, 0.1) is 0 Å². The molecule has 0 aliphatic rings. The van der Waals surface area contributed by atoms with Gasteiger partial charge in [0.15, 0.2) is 0 Å². The summed E-state index contributed by atoms with van der Waals surface area (Å²) in [6.45, 7) is 8.34. The second-order valence-corrected chi connectivity index (χ2v) is 7.32. The number of hydrogen-bond acceptors (Lipinski definition) is 3. The second kappa shape index (κ2) is 9.42. The normalized spacial score (nSPS) is 11.4. The molecule has 0 saturated heterocycles. The molecule has 0 aromatic heterocycles. The predicted molar refractivity (Wildman–Crippen MR) is 99.1 cm³/mol. The summed E-state index contributed by atoms with van der Waals surface area (Å²) in [6.07, 6.45) is 3.41. The average molecular weight is 333 g/mol. The fourth-order valence-electron chi connectivity index (χ4n) is 2.34. The number of amides is 2. The third kappa shape index (κ3) is 8.67. The fourth-order valence-corrected chi connectivity index (χ4v) is 2.34. The fraction of sp³-hybridized carbons (Fsp3) is 0.579. The summed E-state index contributed by atoms with van der Waals surface area (Å²) in [4.78, 5) is 25.6. The van der Waals surface area contributed by atoms with Crippen molar-refractivity contribution in [1.82, 2.24) is 10.2 Å². The van der Waals surface area contributed by atoms with Crippen molar-refractivity contribution in [2.45, 2.75) is 52.5 Å². The number of likely N-dealkylation sites (N-methyl/N-ethyl adjacent to an activating group) is 1. The Morgan fingerprint density at radius 3 is 2.17 bits per heavy atom. The van der Waals surface area contributed by atoms with Crippen LogP contribution in [0.15, 0.2) is 24.3 Å². The minimum Gasteiger partial charge on any atom is -0.350 e. The lowest BCUT2D eigenvalue weighted by Gasteiger charge is -2.23. The quantitative estimate of drug-likeness (QED) is 0.769. The summed E-state index contributed by atoms with van der Waals surface area (Å²) in [5.41, 5.74) is 1.80. The molecule has 2 amide bonds. The summed E-state index contributed by atoms with van der Waals surface area (Å²) in [5, 5.41) is 5.75. The highest BCUT2D eigenvalue weighted by molar-refractivity contribution is 5.92. The van der Waals surface area contributed by atoms with Gasteiger partial charge in [0.1, 0.15) is 0 Å². The van der Waals surface area contributed by atoms with E-state index in [9.17, 15) is 9.59 Å².